The third kappa shape index (κ3) is 5.15. The van der Waals surface area contributed by atoms with Crippen LogP contribution in [0.5, 0.6) is 5.75 Å². The van der Waals surface area contributed by atoms with E-state index < -0.39 is 5.91 Å². The summed E-state index contributed by atoms with van der Waals surface area (Å²) >= 11 is 0. The van der Waals surface area contributed by atoms with E-state index in [4.69, 9.17) is 19.5 Å². The average molecular weight is 413 g/mol. The van der Waals surface area contributed by atoms with Gasteiger partial charge in [-0.3, -0.25) is 14.8 Å². The lowest BCUT2D eigenvalue weighted by Gasteiger charge is -2.09. The van der Waals surface area contributed by atoms with E-state index >= 15 is 0 Å². The molecule has 0 aliphatic carbocycles. The minimum Gasteiger partial charge on any atom is -0.492 e. The van der Waals surface area contributed by atoms with Crippen molar-refractivity contribution in [3.05, 3.63) is 65.4 Å². The molecule has 2 amide bonds. The molecule has 3 rings (SSSR count). The highest BCUT2D eigenvalue weighted by atomic mass is 16.5. The van der Waals surface area contributed by atoms with Crippen LogP contribution in [0.1, 0.15) is 26.5 Å². The number of aliphatic hydroxyl groups excluding tert-OH is 1. The molecular weight excluding hydrogens is 390 g/mol. The molecule has 9 heteroatoms. The summed E-state index contributed by atoms with van der Waals surface area (Å²) in [4.78, 5) is 23.9. The quantitative estimate of drug-likeness (QED) is 0.193. The summed E-state index contributed by atoms with van der Waals surface area (Å²) in [5.41, 5.74) is 3.20. The Kier molecular flexibility index (Phi) is 7.39. The van der Waals surface area contributed by atoms with Gasteiger partial charge in [-0.2, -0.15) is 0 Å². The van der Waals surface area contributed by atoms with E-state index in [9.17, 15) is 9.59 Å². The second-order valence-corrected chi connectivity index (χ2v) is 6.38. The van der Waals surface area contributed by atoms with Gasteiger partial charge in [0.1, 0.15) is 17.9 Å². The molecule has 0 saturated heterocycles. The topological polar surface area (TPSA) is 133 Å². The largest absolute Gasteiger partial charge is 0.492 e. The number of amides is 2. The zero-order chi connectivity index (χ0) is 21.3. The van der Waals surface area contributed by atoms with E-state index in [1.807, 2.05) is 18.2 Å². The van der Waals surface area contributed by atoms with Gasteiger partial charge in [-0.15, -0.1) is 0 Å². The van der Waals surface area contributed by atoms with Gasteiger partial charge < -0.3 is 24.9 Å². The molecule has 0 saturated carbocycles. The molecule has 0 bridgehead atoms. The van der Waals surface area contributed by atoms with E-state index in [0.29, 0.717) is 30.0 Å². The molecule has 3 aromatic rings. The van der Waals surface area contributed by atoms with Crippen molar-refractivity contribution < 1.29 is 29.1 Å². The summed E-state index contributed by atoms with van der Waals surface area (Å²) < 4.78 is 11.3. The van der Waals surface area contributed by atoms with Gasteiger partial charge in [-0.1, -0.05) is 18.2 Å². The van der Waals surface area contributed by atoms with E-state index in [0.717, 1.165) is 10.9 Å². The van der Waals surface area contributed by atoms with Gasteiger partial charge in [-0.05, 0) is 30.3 Å². The first-order valence-corrected chi connectivity index (χ1v) is 9.41. The fourth-order valence-corrected chi connectivity index (χ4v) is 2.93. The number of para-hydroxylation sites is 1. The highest BCUT2D eigenvalue weighted by Crippen LogP contribution is 2.25. The molecule has 1 aromatic heterocycles. The van der Waals surface area contributed by atoms with Crippen LogP contribution in [0.3, 0.4) is 0 Å². The Morgan fingerprint density at radius 3 is 2.50 bits per heavy atom. The Labute approximate surface area is 172 Å². The van der Waals surface area contributed by atoms with Crippen molar-refractivity contribution in [3.8, 4) is 5.75 Å². The Balaban J connectivity index is 1.57. The van der Waals surface area contributed by atoms with Crippen molar-refractivity contribution in [2.24, 2.45) is 0 Å². The van der Waals surface area contributed by atoms with Crippen LogP contribution >= 0.6 is 0 Å². The summed E-state index contributed by atoms with van der Waals surface area (Å²) in [6.45, 7) is 1.27. The Bertz CT molecular complexity index is 1000. The summed E-state index contributed by atoms with van der Waals surface area (Å²) in [6.07, 6.45) is 0. The number of aliphatic hydroxyl groups is 1. The van der Waals surface area contributed by atoms with Crippen LogP contribution < -0.4 is 20.9 Å². The van der Waals surface area contributed by atoms with Crippen LogP contribution in [-0.4, -0.2) is 48.4 Å². The zero-order valence-electron chi connectivity index (χ0n) is 16.2. The maximum Gasteiger partial charge on any atom is 0.287 e. The van der Waals surface area contributed by atoms with Crippen molar-refractivity contribution in [2.45, 2.75) is 6.54 Å². The highest BCUT2D eigenvalue weighted by molar-refractivity contribution is 5.99. The number of nitrogens with one attached hydrogen (secondary N) is 3. The molecule has 158 valence electrons. The predicted octanol–water partition coefficient (Wildman–Crippen LogP) is 1.44. The normalized spacial score (nSPS) is 10.7. The number of hydroxylamine groups is 1. The third-order valence-corrected chi connectivity index (χ3v) is 4.37. The van der Waals surface area contributed by atoms with Crippen LogP contribution in [0.2, 0.25) is 0 Å². The van der Waals surface area contributed by atoms with E-state index in [1.165, 1.54) is 12.1 Å². The third-order valence-electron chi connectivity index (χ3n) is 4.37. The number of rotatable bonds is 10. The number of carbonyl (C=O) groups excluding carboxylic acids is 2. The van der Waals surface area contributed by atoms with Gasteiger partial charge in [0, 0.05) is 29.6 Å². The van der Waals surface area contributed by atoms with Crippen molar-refractivity contribution in [3.63, 3.8) is 0 Å². The van der Waals surface area contributed by atoms with E-state index in [1.54, 1.807) is 23.7 Å². The maximum atomic E-state index is 12.6. The van der Waals surface area contributed by atoms with Crippen LogP contribution in [-0.2, 0) is 6.54 Å². The van der Waals surface area contributed by atoms with Gasteiger partial charge in [0.05, 0.1) is 13.2 Å². The first-order valence-electron chi connectivity index (χ1n) is 9.41. The average Bonchev–Trinajstić information content (AvgIpc) is 3.15. The number of ether oxygens (including phenoxy) is 1. The Hall–Kier alpha value is -3.40. The molecule has 0 aliphatic rings. The Morgan fingerprint density at radius 2 is 1.77 bits per heavy atom. The van der Waals surface area contributed by atoms with Crippen molar-refractivity contribution in [1.82, 2.24) is 16.1 Å². The number of furan rings is 1. The fourth-order valence-electron chi connectivity index (χ4n) is 2.93. The number of hydrogen-bond acceptors (Lipinski definition) is 7. The molecule has 30 heavy (non-hydrogen) atoms. The smallest absolute Gasteiger partial charge is 0.287 e. The molecule has 9 nitrogen and oxygen atoms in total. The number of fused-ring (bicyclic) bond motifs is 1. The van der Waals surface area contributed by atoms with Gasteiger partial charge in [0.25, 0.3) is 11.8 Å². The summed E-state index contributed by atoms with van der Waals surface area (Å²) in [7, 11) is 0. The molecule has 5 N–H and O–H groups in total. The number of hydrogen-bond donors (Lipinski definition) is 5. The lowest BCUT2D eigenvalue weighted by atomic mass is 10.1. The van der Waals surface area contributed by atoms with Crippen LogP contribution in [0.4, 0.5) is 0 Å². The van der Waals surface area contributed by atoms with Crippen LogP contribution in [0.15, 0.2) is 52.9 Å². The highest BCUT2D eigenvalue weighted by Gasteiger charge is 2.19. The molecule has 1 heterocycles. The Morgan fingerprint density at radius 1 is 1.00 bits per heavy atom. The minimum atomic E-state index is -0.607. The van der Waals surface area contributed by atoms with Crippen molar-refractivity contribution in [1.29, 1.82) is 0 Å². The molecule has 0 radical (unpaired) electrons. The summed E-state index contributed by atoms with van der Waals surface area (Å²) in [5, 5.41) is 24.3. The second-order valence-electron chi connectivity index (χ2n) is 6.38. The van der Waals surface area contributed by atoms with Gasteiger partial charge in [0.2, 0.25) is 0 Å². The first kappa shape index (κ1) is 21.3. The lowest BCUT2D eigenvalue weighted by Crippen LogP contribution is -2.29. The molecule has 0 spiro atoms. The standard InChI is InChI=1S/C21H23N3O6/c25-11-9-22-13-17-16-3-1-2-4-18(16)30-19(17)21(27)23-10-12-29-15-7-5-14(6-8-15)20(26)24-28/h1-8,22,25,28H,9-13H2,(H,23,27)(H,24,26). The molecule has 2 aromatic carbocycles. The number of benzene rings is 2. The number of carbonyl (C=O) groups is 2. The van der Waals surface area contributed by atoms with Crippen LogP contribution in [0, 0.1) is 0 Å². The van der Waals surface area contributed by atoms with Gasteiger partial charge >= 0.3 is 0 Å². The molecule has 0 unspecified atom stereocenters. The van der Waals surface area contributed by atoms with Gasteiger partial charge in [-0.25, -0.2) is 5.48 Å². The molecular formula is C21H23N3O6. The molecule has 0 aliphatic heterocycles. The predicted molar refractivity (Wildman–Crippen MR) is 109 cm³/mol. The van der Waals surface area contributed by atoms with Crippen molar-refractivity contribution in [2.75, 3.05) is 26.3 Å². The van der Waals surface area contributed by atoms with Crippen molar-refractivity contribution >= 4 is 22.8 Å². The lowest BCUT2D eigenvalue weighted by molar-refractivity contribution is 0.0706. The zero-order valence-corrected chi connectivity index (χ0v) is 16.2. The summed E-state index contributed by atoms with van der Waals surface area (Å²) in [5.74, 6) is -0.216. The van der Waals surface area contributed by atoms with E-state index in [-0.39, 0.29) is 31.4 Å². The second kappa shape index (κ2) is 10.4. The minimum absolute atomic E-state index is 0.000302. The van der Waals surface area contributed by atoms with E-state index in [2.05, 4.69) is 10.6 Å². The SMILES string of the molecule is O=C(NO)c1ccc(OCCNC(=O)c2oc3ccccc3c2CNCCO)cc1. The molecule has 0 fully saturated rings. The molecule has 0 atom stereocenters. The van der Waals surface area contributed by atoms with Crippen LogP contribution in [0.25, 0.3) is 11.0 Å². The summed E-state index contributed by atoms with van der Waals surface area (Å²) in [6, 6.07) is 13.6. The fraction of sp³-hybridized carbons (Fsp3) is 0.238. The first-order chi connectivity index (χ1) is 14.6. The monoisotopic (exact) mass is 413 g/mol. The maximum absolute atomic E-state index is 12.6. The van der Waals surface area contributed by atoms with Gasteiger partial charge in [0.15, 0.2) is 5.76 Å².